The average Bonchev–Trinajstić information content (AvgIpc) is 3.33. The van der Waals surface area contributed by atoms with Crippen molar-refractivity contribution in [2.45, 2.75) is 38.3 Å². The second-order valence-corrected chi connectivity index (χ2v) is 8.94. The van der Waals surface area contributed by atoms with Gasteiger partial charge in [-0.05, 0) is 68.6 Å². The fourth-order valence-electron chi connectivity index (χ4n) is 5.05. The third kappa shape index (κ3) is 4.91. The summed E-state index contributed by atoms with van der Waals surface area (Å²) in [5, 5.41) is 3.10. The number of hydrogen-bond acceptors (Lipinski definition) is 6. The van der Waals surface area contributed by atoms with Crippen molar-refractivity contribution in [2.24, 2.45) is 5.92 Å². The highest BCUT2D eigenvalue weighted by atomic mass is 16.5. The zero-order valence-corrected chi connectivity index (χ0v) is 19.6. The van der Waals surface area contributed by atoms with Gasteiger partial charge in [0.2, 0.25) is 0 Å². The van der Waals surface area contributed by atoms with Crippen molar-refractivity contribution < 1.29 is 23.5 Å². The van der Waals surface area contributed by atoms with Crippen molar-refractivity contribution in [3.05, 3.63) is 53.5 Å². The number of aryl methyl sites for hydroxylation is 1. The van der Waals surface area contributed by atoms with Gasteiger partial charge in [-0.1, -0.05) is 12.1 Å². The number of nitrogens with one attached hydrogen (secondary N) is 1. The van der Waals surface area contributed by atoms with Gasteiger partial charge in [0.1, 0.15) is 22.8 Å². The molecule has 8 nitrogen and oxygen atoms in total. The Kier molecular flexibility index (Phi) is 7.05. The number of carbonyl (C=O) groups is 2. The van der Waals surface area contributed by atoms with Crippen molar-refractivity contribution in [3.8, 4) is 5.75 Å². The largest absolute Gasteiger partial charge is 0.497 e. The summed E-state index contributed by atoms with van der Waals surface area (Å²) in [6, 6.07) is 11.4. The SMILES string of the molecule is COCCN1C(=O)N[C@@](Cc2cccc(OC)c2)(C2CCN(Cc3ccc(C)o3)CC2)C1=O. The lowest BCUT2D eigenvalue weighted by molar-refractivity contribution is -0.134. The van der Waals surface area contributed by atoms with Crippen LogP contribution in [0.25, 0.3) is 0 Å². The molecule has 1 aromatic carbocycles. The molecule has 8 heteroatoms. The number of imide groups is 1. The second-order valence-electron chi connectivity index (χ2n) is 8.94. The first-order valence-electron chi connectivity index (χ1n) is 11.5. The zero-order valence-electron chi connectivity index (χ0n) is 19.6. The fraction of sp³-hybridized carbons (Fsp3) is 0.520. The van der Waals surface area contributed by atoms with Crippen LogP contribution in [0.3, 0.4) is 0 Å². The molecule has 1 atom stereocenters. The summed E-state index contributed by atoms with van der Waals surface area (Å²) in [7, 11) is 3.19. The van der Waals surface area contributed by atoms with Crippen molar-refractivity contribution in [2.75, 3.05) is 40.5 Å². The van der Waals surface area contributed by atoms with E-state index in [-0.39, 0.29) is 24.4 Å². The minimum absolute atomic E-state index is 0.0299. The maximum Gasteiger partial charge on any atom is 0.325 e. The molecule has 178 valence electrons. The number of methoxy groups -OCH3 is 2. The monoisotopic (exact) mass is 455 g/mol. The fourth-order valence-corrected chi connectivity index (χ4v) is 5.05. The van der Waals surface area contributed by atoms with E-state index in [0.717, 1.165) is 55.3 Å². The Morgan fingerprint density at radius 2 is 1.94 bits per heavy atom. The molecule has 3 amide bonds. The van der Waals surface area contributed by atoms with E-state index in [1.54, 1.807) is 14.2 Å². The minimum atomic E-state index is -0.968. The van der Waals surface area contributed by atoms with Gasteiger partial charge in [0, 0.05) is 13.5 Å². The van der Waals surface area contributed by atoms with E-state index in [0.29, 0.717) is 13.0 Å². The van der Waals surface area contributed by atoms with E-state index in [9.17, 15) is 9.59 Å². The zero-order chi connectivity index (χ0) is 23.4. The molecule has 2 aliphatic rings. The molecule has 0 spiro atoms. The Balaban J connectivity index is 1.54. The van der Waals surface area contributed by atoms with Crippen molar-refractivity contribution in [1.82, 2.24) is 15.1 Å². The number of ether oxygens (including phenoxy) is 2. The van der Waals surface area contributed by atoms with Crippen LogP contribution < -0.4 is 10.1 Å². The first-order chi connectivity index (χ1) is 15.9. The average molecular weight is 456 g/mol. The molecule has 0 unspecified atom stereocenters. The summed E-state index contributed by atoms with van der Waals surface area (Å²) in [4.78, 5) is 30.2. The van der Waals surface area contributed by atoms with E-state index in [4.69, 9.17) is 13.9 Å². The van der Waals surface area contributed by atoms with Crippen molar-refractivity contribution in [3.63, 3.8) is 0 Å². The third-order valence-corrected chi connectivity index (χ3v) is 6.80. The van der Waals surface area contributed by atoms with Crippen LogP contribution in [0.2, 0.25) is 0 Å². The summed E-state index contributed by atoms with van der Waals surface area (Å²) >= 11 is 0. The second kappa shape index (κ2) is 9.97. The predicted molar refractivity (Wildman–Crippen MR) is 123 cm³/mol. The first-order valence-corrected chi connectivity index (χ1v) is 11.5. The molecular weight excluding hydrogens is 422 g/mol. The van der Waals surface area contributed by atoms with Gasteiger partial charge in [-0.15, -0.1) is 0 Å². The molecule has 3 heterocycles. The maximum atomic E-state index is 13.7. The number of nitrogens with zero attached hydrogens (tertiary/aromatic N) is 2. The number of piperidine rings is 1. The number of benzene rings is 1. The molecule has 1 N–H and O–H groups in total. The molecule has 2 aromatic rings. The van der Waals surface area contributed by atoms with E-state index in [1.807, 2.05) is 43.3 Å². The van der Waals surface area contributed by atoms with E-state index in [1.165, 1.54) is 4.90 Å². The number of likely N-dealkylation sites (tertiary alicyclic amines) is 1. The van der Waals surface area contributed by atoms with Gasteiger partial charge in [-0.25, -0.2) is 4.79 Å². The van der Waals surface area contributed by atoms with Crippen LogP contribution in [0.5, 0.6) is 5.75 Å². The highest BCUT2D eigenvalue weighted by molar-refractivity contribution is 6.07. The molecule has 2 saturated heterocycles. The van der Waals surface area contributed by atoms with Crippen LogP contribution in [0, 0.1) is 12.8 Å². The van der Waals surface area contributed by atoms with Crippen LogP contribution in [-0.4, -0.2) is 67.7 Å². The van der Waals surface area contributed by atoms with Crippen LogP contribution >= 0.6 is 0 Å². The smallest absolute Gasteiger partial charge is 0.325 e. The molecular formula is C25H33N3O5. The standard InChI is InChI=1S/C25H33N3O5/c1-18-7-8-22(33-18)17-27-11-9-20(10-12-27)25(16-19-5-4-6-21(15-19)32-3)23(29)28(13-14-31-2)24(30)26-25/h4-8,15,20H,9-14,16-17H2,1-3H3,(H,26,30)/t25-/m0/s1. The Morgan fingerprint density at radius 1 is 1.15 bits per heavy atom. The minimum Gasteiger partial charge on any atom is -0.497 e. The molecule has 0 radical (unpaired) electrons. The lowest BCUT2D eigenvalue weighted by atomic mass is 9.74. The highest BCUT2D eigenvalue weighted by Gasteiger charge is 2.55. The molecule has 2 aliphatic heterocycles. The van der Waals surface area contributed by atoms with E-state index in [2.05, 4.69) is 10.2 Å². The quantitative estimate of drug-likeness (QED) is 0.586. The van der Waals surface area contributed by atoms with Gasteiger partial charge in [-0.3, -0.25) is 14.6 Å². The summed E-state index contributed by atoms with van der Waals surface area (Å²) in [5.41, 5.74) is -0.00467. The normalized spacial score (nSPS) is 22.1. The Hall–Kier alpha value is -2.84. The van der Waals surface area contributed by atoms with E-state index < -0.39 is 5.54 Å². The van der Waals surface area contributed by atoms with E-state index >= 15 is 0 Å². The number of hydrogen-bond donors (Lipinski definition) is 1. The van der Waals surface area contributed by atoms with Crippen LogP contribution in [0.1, 0.15) is 29.9 Å². The Bertz CT molecular complexity index is 982. The lowest BCUT2D eigenvalue weighted by Gasteiger charge is -2.41. The van der Waals surface area contributed by atoms with Gasteiger partial charge < -0.3 is 19.2 Å². The molecule has 2 fully saturated rings. The number of amides is 3. The predicted octanol–water partition coefficient (Wildman–Crippen LogP) is 2.99. The van der Waals surface area contributed by atoms with Gasteiger partial charge in [0.25, 0.3) is 5.91 Å². The third-order valence-electron chi connectivity index (χ3n) is 6.80. The first kappa shape index (κ1) is 23.3. The van der Waals surface area contributed by atoms with Crippen LogP contribution in [-0.2, 0) is 22.5 Å². The molecule has 4 rings (SSSR count). The number of carbonyl (C=O) groups excluding carboxylic acids is 2. The summed E-state index contributed by atoms with van der Waals surface area (Å²) in [6.07, 6.45) is 2.06. The summed E-state index contributed by atoms with van der Waals surface area (Å²) < 4.78 is 16.2. The van der Waals surface area contributed by atoms with Crippen molar-refractivity contribution >= 4 is 11.9 Å². The molecule has 1 aromatic heterocycles. The van der Waals surface area contributed by atoms with Gasteiger partial charge in [0.15, 0.2) is 0 Å². The lowest BCUT2D eigenvalue weighted by Crippen LogP contribution is -2.57. The molecule has 0 aliphatic carbocycles. The number of rotatable bonds is 9. The maximum absolute atomic E-state index is 13.7. The molecule has 0 saturated carbocycles. The molecule has 33 heavy (non-hydrogen) atoms. The highest BCUT2D eigenvalue weighted by Crippen LogP contribution is 2.37. The van der Waals surface area contributed by atoms with Gasteiger partial charge in [0.05, 0.1) is 26.8 Å². The van der Waals surface area contributed by atoms with Crippen molar-refractivity contribution in [1.29, 1.82) is 0 Å². The number of furan rings is 1. The molecule has 0 bridgehead atoms. The number of urea groups is 1. The Labute approximate surface area is 194 Å². The van der Waals surface area contributed by atoms with Crippen LogP contribution in [0.4, 0.5) is 4.79 Å². The summed E-state index contributed by atoms with van der Waals surface area (Å²) in [5.74, 6) is 2.47. The van der Waals surface area contributed by atoms with Gasteiger partial charge >= 0.3 is 6.03 Å². The van der Waals surface area contributed by atoms with Gasteiger partial charge in [-0.2, -0.15) is 0 Å². The Morgan fingerprint density at radius 3 is 2.61 bits per heavy atom. The van der Waals surface area contributed by atoms with Crippen LogP contribution in [0.15, 0.2) is 40.8 Å². The topological polar surface area (TPSA) is 84.2 Å². The summed E-state index contributed by atoms with van der Waals surface area (Å²) in [6.45, 7) is 4.94.